The van der Waals surface area contributed by atoms with Crippen molar-refractivity contribution in [1.29, 1.82) is 0 Å². The van der Waals surface area contributed by atoms with Crippen molar-refractivity contribution in [3.63, 3.8) is 0 Å². The lowest BCUT2D eigenvalue weighted by Crippen LogP contribution is -2.62. The highest BCUT2D eigenvalue weighted by Gasteiger charge is 2.53. The summed E-state index contributed by atoms with van der Waals surface area (Å²) in [7, 11) is 1.59. The Morgan fingerprint density at radius 1 is 1.12 bits per heavy atom. The Morgan fingerprint density at radius 3 is 2.44 bits per heavy atom. The van der Waals surface area contributed by atoms with Crippen molar-refractivity contribution < 1.29 is 24.2 Å². The molecule has 1 unspecified atom stereocenters. The summed E-state index contributed by atoms with van der Waals surface area (Å²) >= 11 is 0. The van der Waals surface area contributed by atoms with Gasteiger partial charge in [0.15, 0.2) is 0 Å². The summed E-state index contributed by atoms with van der Waals surface area (Å²) in [6.07, 6.45) is 3.13. The minimum absolute atomic E-state index is 0.0332. The van der Waals surface area contributed by atoms with E-state index in [2.05, 4.69) is 5.32 Å². The molecule has 2 aromatic rings. The van der Waals surface area contributed by atoms with E-state index in [0.717, 1.165) is 24.1 Å². The summed E-state index contributed by atoms with van der Waals surface area (Å²) in [6, 6.07) is 15.1. The zero-order valence-electron chi connectivity index (χ0n) is 18.4. The molecule has 0 aliphatic carbocycles. The molecule has 170 valence electrons. The van der Waals surface area contributed by atoms with Crippen LogP contribution >= 0.6 is 0 Å². The van der Waals surface area contributed by atoms with Crippen LogP contribution in [0.5, 0.6) is 5.75 Å². The molecule has 0 bridgehead atoms. The van der Waals surface area contributed by atoms with Crippen LogP contribution in [0, 0.1) is 6.92 Å². The van der Waals surface area contributed by atoms with Crippen molar-refractivity contribution in [3.8, 4) is 5.75 Å². The van der Waals surface area contributed by atoms with Gasteiger partial charge in [0.25, 0.3) is 12.4 Å². The number of piperidine rings is 1. The number of carbonyl (C=O) groups is 3. The quantitative estimate of drug-likeness (QED) is 0.707. The summed E-state index contributed by atoms with van der Waals surface area (Å²) < 4.78 is 5.23. The average Bonchev–Trinajstić information content (AvgIpc) is 3.22. The van der Waals surface area contributed by atoms with Crippen molar-refractivity contribution in [1.82, 2.24) is 4.90 Å². The van der Waals surface area contributed by atoms with E-state index >= 15 is 0 Å². The molecule has 2 heterocycles. The molecular weight excluding hydrogens is 410 g/mol. The number of ether oxygens (including phenoxy) is 1. The zero-order chi connectivity index (χ0) is 23.1. The van der Waals surface area contributed by atoms with Gasteiger partial charge < -0.3 is 25.0 Å². The molecule has 1 atom stereocenters. The fraction of sp³-hybridized carbons (Fsp3) is 0.375. The van der Waals surface area contributed by atoms with E-state index in [-0.39, 0.29) is 18.4 Å². The van der Waals surface area contributed by atoms with Crippen LogP contribution in [0.4, 0.5) is 16.2 Å². The number of methoxy groups -OCH3 is 1. The normalized spacial score (nSPS) is 19.9. The van der Waals surface area contributed by atoms with Crippen LogP contribution in [-0.4, -0.2) is 54.2 Å². The van der Waals surface area contributed by atoms with Gasteiger partial charge >= 0.3 is 6.03 Å². The third kappa shape index (κ3) is 4.69. The maximum atomic E-state index is 13.6. The maximum Gasteiger partial charge on any atom is 0.322 e. The van der Waals surface area contributed by atoms with E-state index in [1.165, 1.54) is 0 Å². The summed E-state index contributed by atoms with van der Waals surface area (Å²) in [5.74, 6) is 0.712. The second kappa shape index (κ2) is 10.2. The molecule has 0 radical (unpaired) electrons. The van der Waals surface area contributed by atoms with Gasteiger partial charge in [-0.2, -0.15) is 0 Å². The molecule has 4 rings (SSSR count). The van der Waals surface area contributed by atoms with Gasteiger partial charge in [-0.25, -0.2) is 4.79 Å². The molecule has 2 saturated heterocycles. The molecule has 8 nitrogen and oxygen atoms in total. The Hall–Kier alpha value is -3.55. The Bertz CT molecular complexity index is 962. The van der Waals surface area contributed by atoms with E-state index in [1.54, 1.807) is 18.1 Å². The molecule has 2 aliphatic rings. The predicted molar refractivity (Wildman–Crippen MR) is 122 cm³/mol. The maximum absolute atomic E-state index is 13.6. The van der Waals surface area contributed by atoms with Gasteiger partial charge in [0.05, 0.1) is 7.11 Å². The number of hydrogen-bond acceptors (Lipinski definition) is 4. The van der Waals surface area contributed by atoms with Crippen molar-refractivity contribution in [2.45, 2.75) is 38.1 Å². The average molecular weight is 440 g/mol. The molecule has 1 spiro atoms. The van der Waals surface area contributed by atoms with Crippen molar-refractivity contribution >= 4 is 29.8 Å². The van der Waals surface area contributed by atoms with Crippen LogP contribution in [-0.2, 0) is 9.59 Å². The van der Waals surface area contributed by atoms with Gasteiger partial charge in [0.2, 0.25) is 0 Å². The lowest BCUT2D eigenvalue weighted by atomic mass is 9.85. The van der Waals surface area contributed by atoms with E-state index in [0.29, 0.717) is 37.4 Å². The predicted octanol–water partition coefficient (Wildman–Crippen LogP) is 3.90. The Labute approximate surface area is 187 Å². The van der Waals surface area contributed by atoms with Crippen LogP contribution in [0.25, 0.3) is 0 Å². The number of carboxylic acid groups (broad SMARTS) is 1. The largest absolute Gasteiger partial charge is 0.497 e. The minimum atomic E-state index is -0.758. The van der Waals surface area contributed by atoms with Gasteiger partial charge in [0, 0.05) is 30.5 Å². The first-order valence-electron chi connectivity index (χ1n) is 10.6. The number of likely N-dealkylation sites (tertiary alicyclic amines) is 1. The van der Waals surface area contributed by atoms with Crippen LogP contribution in [0.2, 0.25) is 0 Å². The number of benzene rings is 2. The topological polar surface area (TPSA) is 99.2 Å². The molecule has 8 heteroatoms. The van der Waals surface area contributed by atoms with Crippen LogP contribution < -0.4 is 15.0 Å². The molecule has 2 aliphatic heterocycles. The van der Waals surface area contributed by atoms with E-state index in [4.69, 9.17) is 14.6 Å². The summed E-state index contributed by atoms with van der Waals surface area (Å²) in [6.45, 7) is 3.06. The third-order valence-corrected chi connectivity index (χ3v) is 6.02. The highest BCUT2D eigenvalue weighted by atomic mass is 16.5. The molecule has 32 heavy (non-hydrogen) atoms. The molecule has 2 fully saturated rings. The molecular formula is C24H29N3O5. The lowest BCUT2D eigenvalue weighted by molar-refractivity contribution is -0.129. The van der Waals surface area contributed by atoms with Crippen molar-refractivity contribution in [3.05, 3.63) is 54.1 Å². The van der Waals surface area contributed by atoms with Gasteiger partial charge in [-0.1, -0.05) is 23.8 Å². The first-order valence-corrected chi connectivity index (χ1v) is 10.6. The smallest absolute Gasteiger partial charge is 0.322 e. The monoisotopic (exact) mass is 439 g/mol. The first-order chi connectivity index (χ1) is 15.4. The number of rotatable bonds is 3. The molecule has 2 N–H and O–H groups in total. The highest BCUT2D eigenvalue weighted by Crippen LogP contribution is 2.40. The first kappa shape index (κ1) is 23.1. The molecule has 0 aromatic heterocycles. The Balaban J connectivity index is 0.000000913. The number of urea groups is 1. The summed E-state index contributed by atoms with van der Waals surface area (Å²) in [5.41, 5.74) is 1.97. The van der Waals surface area contributed by atoms with Gasteiger partial charge in [0.1, 0.15) is 11.3 Å². The number of anilines is 2. The number of aryl methyl sites for hydroxylation is 1. The molecule has 2 aromatic carbocycles. The lowest BCUT2D eigenvalue weighted by Gasteiger charge is -2.44. The summed E-state index contributed by atoms with van der Waals surface area (Å²) in [4.78, 5) is 38.7. The second-order valence-electron chi connectivity index (χ2n) is 7.95. The number of nitrogens with one attached hydrogen (secondary N) is 1. The number of amides is 3. The number of carbonyl (C=O) groups excluding carboxylic acids is 2. The van der Waals surface area contributed by atoms with E-state index in [1.807, 2.05) is 54.3 Å². The Morgan fingerprint density at radius 2 is 1.78 bits per heavy atom. The second-order valence-corrected chi connectivity index (χ2v) is 7.95. The zero-order valence-corrected chi connectivity index (χ0v) is 18.4. The number of nitrogens with zero attached hydrogens (tertiary/aromatic N) is 2. The highest BCUT2D eigenvalue weighted by molar-refractivity contribution is 6.04. The van der Waals surface area contributed by atoms with Crippen LogP contribution in [0.3, 0.4) is 0 Å². The number of hydrogen-bond donors (Lipinski definition) is 2. The van der Waals surface area contributed by atoms with Gasteiger partial charge in [-0.15, -0.1) is 0 Å². The van der Waals surface area contributed by atoms with Crippen molar-refractivity contribution in [2.75, 3.05) is 30.4 Å². The summed E-state index contributed by atoms with van der Waals surface area (Å²) in [5, 5.41) is 9.84. The Kier molecular flexibility index (Phi) is 7.35. The van der Waals surface area contributed by atoms with Crippen LogP contribution in [0.15, 0.2) is 48.5 Å². The SMILES string of the molecule is COc1cccc(NC(=O)N2CCCC23CCCN(c2ccc(C)cc2)C3=O)c1.O=CO. The van der Waals surface area contributed by atoms with Crippen molar-refractivity contribution in [2.24, 2.45) is 0 Å². The fourth-order valence-corrected chi connectivity index (χ4v) is 4.51. The van der Waals surface area contributed by atoms with Gasteiger partial charge in [-0.3, -0.25) is 9.59 Å². The van der Waals surface area contributed by atoms with E-state index < -0.39 is 5.54 Å². The standard InChI is InChI=1S/C23H27N3O3.CH2O2/c1-17-8-10-19(11-9-17)25-14-4-12-23(21(25)27)13-5-15-26(23)22(28)24-18-6-3-7-20(16-18)29-2;2-1-3/h3,6-11,16H,4-5,12-15H2,1-2H3,(H,24,28);1H,(H,2,3). The van der Waals surface area contributed by atoms with Crippen LogP contribution in [0.1, 0.15) is 31.2 Å². The van der Waals surface area contributed by atoms with E-state index in [9.17, 15) is 9.59 Å². The molecule has 3 amide bonds. The minimum Gasteiger partial charge on any atom is -0.497 e. The molecule has 0 saturated carbocycles. The fourth-order valence-electron chi connectivity index (χ4n) is 4.51. The van der Waals surface area contributed by atoms with Gasteiger partial charge in [-0.05, 0) is 56.9 Å². The third-order valence-electron chi connectivity index (χ3n) is 6.02.